The van der Waals surface area contributed by atoms with Crippen molar-refractivity contribution < 1.29 is 0 Å². The third-order valence-electron chi connectivity index (χ3n) is 3.24. The van der Waals surface area contributed by atoms with Crippen molar-refractivity contribution in [2.75, 3.05) is 0 Å². The van der Waals surface area contributed by atoms with Gasteiger partial charge in [0.2, 0.25) is 0 Å². The lowest BCUT2D eigenvalue weighted by Gasteiger charge is -2.32. The van der Waals surface area contributed by atoms with Crippen LogP contribution in [0.1, 0.15) is 41.0 Å². The molecule has 80 valence electrons. The summed E-state index contributed by atoms with van der Waals surface area (Å²) in [5, 5.41) is 0. The smallest absolute Gasteiger partial charge is 0.0928 e. The number of allylic oxidation sites excluding steroid dienone is 1. The minimum Gasteiger partial charge on any atom is -0.386 e. The van der Waals surface area contributed by atoms with Gasteiger partial charge in [0.15, 0.2) is 0 Å². The zero-order valence-electron chi connectivity index (χ0n) is 9.35. The van der Waals surface area contributed by atoms with E-state index in [4.69, 9.17) is 11.5 Å². The van der Waals surface area contributed by atoms with Crippen LogP contribution in [-0.2, 0) is 0 Å². The van der Waals surface area contributed by atoms with Gasteiger partial charge in [0, 0.05) is 0 Å². The lowest BCUT2D eigenvalue weighted by atomic mass is 9.73. The fraction of sp³-hybridized carbons (Fsp3) is 0.800. The van der Waals surface area contributed by atoms with Crippen LogP contribution in [0, 0.1) is 11.3 Å². The number of halogens is 1. The van der Waals surface area contributed by atoms with Gasteiger partial charge in [-0.2, -0.15) is 0 Å². The standard InChI is InChI=1S/C10H22N2.BrH/c1-6-7(2)10(4,5)8(3)9(11)12;/h7H,6,11-12H2,1-5H3;1H. The highest BCUT2D eigenvalue weighted by molar-refractivity contribution is 8.93. The molecule has 0 amide bonds. The molecule has 0 aromatic rings. The van der Waals surface area contributed by atoms with E-state index >= 15 is 0 Å². The molecule has 0 heterocycles. The quantitative estimate of drug-likeness (QED) is 0.810. The Kier molecular flexibility index (Phi) is 6.51. The number of hydrogen-bond acceptors (Lipinski definition) is 2. The molecule has 13 heavy (non-hydrogen) atoms. The van der Waals surface area contributed by atoms with E-state index in [-0.39, 0.29) is 22.4 Å². The molecular weight excluding hydrogens is 228 g/mol. The Labute approximate surface area is 92.5 Å². The predicted molar refractivity (Wildman–Crippen MR) is 64.6 cm³/mol. The van der Waals surface area contributed by atoms with Crippen molar-refractivity contribution in [3.05, 3.63) is 11.4 Å². The van der Waals surface area contributed by atoms with Crippen molar-refractivity contribution in [3.63, 3.8) is 0 Å². The summed E-state index contributed by atoms with van der Waals surface area (Å²) in [6.45, 7) is 10.8. The van der Waals surface area contributed by atoms with Crippen molar-refractivity contribution in [1.82, 2.24) is 0 Å². The first-order valence-corrected chi connectivity index (χ1v) is 4.56. The fourth-order valence-corrected chi connectivity index (χ4v) is 1.25. The molecule has 0 aromatic heterocycles. The summed E-state index contributed by atoms with van der Waals surface area (Å²) in [6.07, 6.45) is 1.15. The summed E-state index contributed by atoms with van der Waals surface area (Å²) in [6, 6.07) is 0. The van der Waals surface area contributed by atoms with E-state index in [2.05, 4.69) is 27.7 Å². The highest BCUT2D eigenvalue weighted by Gasteiger charge is 2.27. The van der Waals surface area contributed by atoms with E-state index in [1.54, 1.807) is 0 Å². The second kappa shape index (κ2) is 5.53. The van der Waals surface area contributed by atoms with Crippen LogP contribution in [-0.4, -0.2) is 0 Å². The molecule has 0 fully saturated rings. The van der Waals surface area contributed by atoms with Gasteiger partial charge in [-0.1, -0.05) is 34.1 Å². The van der Waals surface area contributed by atoms with Crippen molar-refractivity contribution in [2.24, 2.45) is 22.8 Å². The summed E-state index contributed by atoms with van der Waals surface area (Å²) >= 11 is 0. The van der Waals surface area contributed by atoms with Crippen molar-refractivity contribution in [2.45, 2.75) is 41.0 Å². The van der Waals surface area contributed by atoms with Gasteiger partial charge in [0.1, 0.15) is 0 Å². The van der Waals surface area contributed by atoms with Crippen LogP contribution in [0.2, 0.25) is 0 Å². The van der Waals surface area contributed by atoms with Crippen LogP contribution >= 0.6 is 17.0 Å². The molecule has 0 bridgehead atoms. The molecule has 0 aliphatic heterocycles. The molecule has 0 aliphatic rings. The molecule has 3 heteroatoms. The number of hydrogen-bond donors (Lipinski definition) is 2. The van der Waals surface area contributed by atoms with Gasteiger partial charge in [-0.15, -0.1) is 17.0 Å². The monoisotopic (exact) mass is 250 g/mol. The number of rotatable bonds is 3. The minimum atomic E-state index is 0. The molecule has 0 radical (unpaired) electrons. The van der Waals surface area contributed by atoms with Crippen molar-refractivity contribution in [3.8, 4) is 0 Å². The molecule has 1 unspecified atom stereocenters. The molecule has 0 spiro atoms. The van der Waals surface area contributed by atoms with Crippen molar-refractivity contribution in [1.29, 1.82) is 0 Å². The van der Waals surface area contributed by atoms with E-state index in [9.17, 15) is 0 Å². The van der Waals surface area contributed by atoms with E-state index in [0.29, 0.717) is 11.7 Å². The molecular formula is C10H23BrN2. The largest absolute Gasteiger partial charge is 0.386 e. The third kappa shape index (κ3) is 3.59. The Hall–Kier alpha value is -0.180. The molecule has 0 aliphatic carbocycles. The lowest BCUT2D eigenvalue weighted by Crippen LogP contribution is -2.27. The molecule has 2 nitrogen and oxygen atoms in total. The highest BCUT2D eigenvalue weighted by atomic mass is 79.9. The lowest BCUT2D eigenvalue weighted by molar-refractivity contribution is 0.276. The van der Waals surface area contributed by atoms with Gasteiger partial charge in [-0.05, 0) is 23.8 Å². The van der Waals surface area contributed by atoms with Gasteiger partial charge in [0.25, 0.3) is 0 Å². The SMILES string of the molecule is Br.CCC(C)C(C)(C)C(C)=C(N)N. The van der Waals surface area contributed by atoms with Crippen LogP contribution in [0.3, 0.4) is 0 Å². The van der Waals surface area contributed by atoms with Gasteiger partial charge in [-0.25, -0.2) is 0 Å². The first kappa shape index (κ1) is 15.3. The summed E-state index contributed by atoms with van der Waals surface area (Å²) < 4.78 is 0. The minimum absolute atomic E-state index is 0. The fourth-order valence-electron chi connectivity index (χ4n) is 1.25. The molecule has 4 N–H and O–H groups in total. The Morgan fingerprint density at radius 3 is 1.92 bits per heavy atom. The van der Waals surface area contributed by atoms with Crippen molar-refractivity contribution >= 4 is 17.0 Å². The van der Waals surface area contributed by atoms with E-state index in [1.807, 2.05) is 6.92 Å². The summed E-state index contributed by atoms with van der Waals surface area (Å²) in [7, 11) is 0. The van der Waals surface area contributed by atoms with Crippen LogP contribution in [0.15, 0.2) is 11.4 Å². The molecule has 1 atom stereocenters. The predicted octanol–water partition coefficient (Wildman–Crippen LogP) is 2.79. The molecule has 0 saturated heterocycles. The summed E-state index contributed by atoms with van der Waals surface area (Å²) in [4.78, 5) is 0. The maximum absolute atomic E-state index is 5.57. The van der Waals surface area contributed by atoms with Gasteiger partial charge in [-0.3, -0.25) is 0 Å². The maximum Gasteiger partial charge on any atom is 0.0928 e. The highest BCUT2D eigenvalue weighted by Crippen LogP contribution is 2.36. The van der Waals surface area contributed by atoms with Gasteiger partial charge in [0.05, 0.1) is 5.82 Å². The van der Waals surface area contributed by atoms with Crippen LogP contribution in [0.5, 0.6) is 0 Å². The third-order valence-corrected chi connectivity index (χ3v) is 3.24. The van der Waals surface area contributed by atoms with E-state index in [1.165, 1.54) is 0 Å². The maximum atomic E-state index is 5.57. The summed E-state index contributed by atoms with van der Waals surface area (Å²) in [5.74, 6) is 1.08. The zero-order valence-corrected chi connectivity index (χ0v) is 11.1. The zero-order chi connectivity index (χ0) is 9.94. The van der Waals surface area contributed by atoms with Crippen LogP contribution in [0.4, 0.5) is 0 Å². The summed E-state index contributed by atoms with van der Waals surface area (Å²) in [5.41, 5.74) is 12.4. The second-order valence-electron chi connectivity index (χ2n) is 4.11. The van der Waals surface area contributed by atoms with Gasteiger partial charge >= 0.3 is 0 Å². The Balaban J connectivity index is 0. The molecule has 0 aromatic carbocycles. The Morgan fingerprint density at radius 2 is 1.69 bits per heavy atom. The van der Waals surface area contributed by atoms with E-state index in [0.717, 1.165) is 12.0 Å². The first-order valence-electron chi connectivity index (χ1n) is 4.56. The van der Waals surface area contributed by atoms with Gasteiger partial charge < -0.3 is 11.5 Å². The Morgan fingerprint density at radius 1 is 1.31 bits per heavy atom. The topological polar surface area (TPSA) is 52.0 Å². The molecule has 0 saturated carbocycles. The Bertz CT molecular complexity index is 181. The van der Waals surface area contributed by atoms with Crippen LogP contribution in [0.25, 0.3) is 0 Å². The first-order chi connectivity index (χ1) is 5.34. The average Bonchev–Trinajstić information content (AvgIpc) is 2.01. The molecule has 0 rings (SSSR count). The van der Waals surface area contributed by atoms with E-state index < -0.39 is 0 Å². The van der Waals surface area contributed by atoms with Crippen LogP contribution < -0.4 is 11.5 Å². The number of nitrogens with two attached hydrogens (primary N) is 2. The second-order valence-corrected chi connectivity index (χ2v) is 4.11. The normalized spacial score (nSPS) is 13.0. The average molecular weight is 251 g/mol.